The van der Waals surface area contributed by atoms with Crippen molar-refractivity contribution < 1.29 is 9.53 Å². The zero-order valence-electron chi connectivity index (χ0n) is 13.8. The van der Waals surface area contributed by atoms with E-state index < -0.39 is 0 Å². The fourth-order valence-electron chi connectivity index (χ4n) is 3.63. The van der Waals surface area contributed by atoms with E-state index in [4.69, 9.17) is 4.74 Å². The van der Waals surface area contributed by atoms with Gasteiger partial charge in [-0.25, -0.2) is 0 Å². The summed E-state index contributed by atoms with van der Waals surface area (Å²) >= 11 is 3.46. The number of hydrogen-bond donors (Lipinski definition) is 1. The summed E-state index contributed by atoms with van der Waals surface area (Å²) < 4.78 is 6.60. The molecule has 1 N–H and O–H groups in total. The van der Waals surface area contributed by atoms with Crippen LogP contribution in [0, 0.1) is 11.5 Å². The third-order valence-electron chi connectivity index (χ3n) is 4.92. The van der Waals surface area contributed by atoms with Crippen LogP contribution in [0.15, 0.2) is 22.7 Å². The molecule has 2 heterocycles. The fraction of sp³-hybridized carbons (Fsp3) is 0.556. The van der Waals surface area contributed by atoms with Crippen LogP contribution in [-0.4, -0.2) is 35.5 Å². The van der Waals surface area contributed by atoms with Crippen molar-refractivity contribution in [3.8, 4) is 11.9 Å². The molecule has 5 nitrogen and oxygen atoms in total. The molecule has 0 aliphatic carbocycles. The van der Waals surface area contributed by atoms with Crippen molar-refractivity contribution in [1.29, 1.82) is 5.26 Å². The number of benzene rings is 1. The minimum absolute atomic E-state index is 0.0593. The SMILES string of the molecule is CCCCOc1cc(C(=O)N[C@@H]2C[C@@H]3CC[C@H]2N3C#N)ccc1Br. The van der Waals surface area contributed by atoms with Gasteiger partial charge in [0.15, 0.2) is 6.19 Å². The van der Waals surface area contributed by atoms with Crippen LogP contribution in [0.25, 0.3) is 0 Å². The number of nitrogens with zero attached hydrogens (tertiary/aromatic N) is 2. The Morgan fingerprint density at radius 3 is 3.04 bits per heavy atom. The maximum Gasteiger partial charge on any atom is 0.251 e. The predicted octanol–water partition coefficient (Wildman–Crippen LogP) is 3.44. The number of fused-ring (bicyclic) bond motifs is 2. The first-order chi connectivity index (χ1) is 11.6. The van der Waals surface area contributed by atoms with Crippen LogP contribution in [0.5, 0.6) is 5.75 Å². The quantitative estimate of drug-likeness (QED) is 0.595. The monoisotopic (exact) mass is 391 g/mol. The van der Waals surface area contributed by atoms with Gasteiger partial charge in [0.2, 0.25) is 0 Å². The molecular weight excluding hydrogens is 370 g/mol. The summed E-state index contributed by atoms with van der Waals surface area (Å²) in [4.78, 5) is 14.4. The van der Waals surface area contributed by atoms with E-state index in [0.29, 0.717) is 24.0 Å². The summed E-state index contributed by atoms with van der Waals surface area (Å²) in [6.45, 7) is 2.76. The lowest BCUT2D eigenvalue weighted by Gasteiger charge is -2.22. The van der Waals surface area contributed by atoms with Gasteiger partial charge in [0.1, 0.15) is 5.75 Å². The Kier molecular flexibility index (Phi) is 5.30. The van der Waals surface area contributed by atoms with Crippen molar-refractivity contribution in [2.24, 2.45) is 0 Å². The second-order valence-corrected chi connectivity index (χ2v) is 7.32. The number of carbonyl (C=O) groups excluding carboxylic acids is 1. The van der Waals surface area contributed by atoms with Crippen molar-refractivity contribution in [2.45, 2.75) is 57.2 Å². The molecule has 0 radical (unpaired) electrons. The normalized spacial score (nSPS) is 24.7. The lowest BCUT2D eigenvalue weighted by Crippen LogP contribution is -2.43. The standard InChI is InChI=1S/C18H22BrN3O2/c1-2-3-8-24-17-9-12(4-6-14(17)19)18(23)21-15-10-13-5-7-16(15)22(13)11-20/h4,6,9,13,15-16H,2-3,5,7-8,10H2,1H3,(H,21,23)/t13-,15+,16+/m0/s1. The third-order valence-corrected chi connectivity index (χ3v) is 5.57. The van der Waals surface area contributed by atoms with E-state index in [2.05, 4.69) is 34.4 Å². The Labute approximate surface area is 151 Å². The largest absolute Gasteiger partial charge is 0.492 e. The zero-order chi connectivity index (χ0) is 17.1. The van der Waals surface area contributed by atoms with Gasteiger partial charge in [-0.1, -0.05) is 13.3 Å². The Bertz CT molecular complexity index is 658. The molecule has 2 fully saturated rings. The number of amides is 1. The van der Waals surface area contributed by atoms with Gasteiger partial charge in [-0.05, 0) is 59.8 Å². The molecule has 0 spiro atoms. The zero-order valence-corrected chi connectivity index (χ0v) is 15.4. The van der Waals surface area contributed by atoms with Crippen LogP contribution in [-0.2, 0) is 0 Å². The third kappa shape index (κ3) is 3.36. The molecule has 24 heavy (non-hydrogen) atoms. The highest BCUT2D eigenvalue weighted by Gasteiger charge is 2.46. The summed E-state index contributed by atoms with van der Waals surface area (Å²) in [6.07, 6.45) is 7.22. The highest BCUT2D eigenvalue weighted by atomic mass is 79.9. The van der Waals surface area contributed by atoms with Crippen LogP contribution >= 0.6 is 15.9 Å². The number of ether oxygens (including phenoxy) is 1. The van der Waals surface area contributed by atoms with Gasteiger partial charge in [-0.3, -0.25) is 4.79 Å². The summed E-state index contributed by atoms with van der Waals surface area (Å²) in [5, 5.41) is 12.3. The Morgan fingerprint density at radius 1 is 1.50 bits per heavy atom. The van der Waals surface area contributed by atoms with Crippen molar-refractivity contribution in [3.63, 3.8) is 0 Å². The summed E-state index contributed by atoms with van der Waals surface area (Å²) in [5.74, 6) is 0.598. The number of halogens is 1. The van der Waals surface area contributed by atoms with Crippen LogP contribution < -0.4 is 10.1 Å². The molecule has 0 saturated carbocycles. The smallest absolute Gasteiger partial charge is 0.251 e. The number of unbranched alkanes of at least 4 members (excludes halogenated alkanes) is 1. The maximum atomic E-state index is 12.6. The molecule has 128 valence electrons. The van der Waals surface area contributed by atoms with Crippen molar-refractivity contribution in [2.75, 3.05) is 6.61 Å². The van der Waals surface area contributed by atoms with Crippen molar-refractivity contribution in [1.82, 2.24) is 10.2 Å². The Morgan fingerprint density at radius 2 is 2.33 bits per heavy atom. The highest BCUT2D eigenvalue weighted by Crippen LogP contribution is 2.37. The summed E-state index contributed by atoms with van der Waals surface area (Å²) in [6, 6.07) is 5.93. The van der Waals surface area contributed by atoms with Gasteiger partial charge < -0.3 is 15.0 Å². The van der Waals surface area contributed by atoms with E-state index in [-0.39, 0.29) is 18.0 Å². The molecule has 0 unspecified atom stereocenters. The summed E-state index contributed by atoms with van der Waals surface area (Å²) in [7, 11) is 0. The molecule has 3 atom stereocenters. The first kappa shape index (κ1) is 17.1. The second kappa shape index (κ2) is 7.43. The number of rotatable bonds is 6. The van der Waals surface area contributed by atoms with E-state index in [1.807, 2.05) is 11.0 Å². The highest BCUT2D eigenvalue weighted by molar-refractivity contribution is 9.10. The van der Waals surface area contributed by atoms with Gasteiger partial charge in [-0.15, -0.1) is 0 Å². The van der Waals surface area contributed by atoms with Gasteiger partial charge in [0, 0.05) is 11.6 Å². The van der Waals surface area contributed by atoms with E-state index >= 15 is 0 Å². The van der Waals surface area contributed by atoms with E-state index in [0.717, 1.165) is 36.6 Å². The minimum Gasteiger partial charge on any atom is -0.492 e. The number of carbonyl (C=O) groups is 1. The number of hydrogen-bond acceptors (Lipinski definition) is 4. The number of nitrogens with one attached hydrogen (secondary N) is 1. The fourth-order valence-corrected chi connectivity index (χ4v) is 3.99. The molecule has 2 saturated heterocycles. The van der Waals surface area contributed by atoms with E-state index in [1.54, 1.807) is 12.1 Å². The van der Waals surface area contributed by atoms with Gasteiger partial charge in [0.25, 0.3) is 5.91 Å². The Balaban J connectivity index is 1.65. The Hall–Kier alpha value is -1.74. The molecule has 1 amide bonds. The van der Waals surface area contributed by atoms with Gasteiger partial charge in [0.05, 0.1) is 23.2 Å². The molecule has 2 aliphatic rings. The summed E-state index contributed by atoms with van der Waals surface area (Å²) in [5.41, 5.74) is 0.593. The minimum atomic E-state index is -0.0988. The first-order valence-electron chi connectivity index (χ1n) is 8.55. The molecule has 1 aromatic carbocycles. The molecule has 2 aliphatic heterocycles. The van der Waals surface area contributed by atoms with Crippen molar-refractivity contribution >= 4 is 21.8 Å². The maximum absolute atomic E-state index is 12.6. The molecule has 1 aromatic rings. The van der Waals surface area contributed by atoms with Crippen LogP contribution in [0.2, 0.25) is 0 Å². The number of nitriles is 1. The lowest BCUT2D eigenvalue weighted by atomic mass is 9.95. The molecule has 0 aromatic heterocycles. The average molecular weight is 392 g/mol. The van der Waals surface area contributed by atoms with Crippen LogP contribution in [0.3, 0.4) is 0 Å². The predicted molar refractivity (Wildman–Crippen MR) is 94.7 cm³/mol. The average Bonchev–Trinajstić information content (AvgIpc) is 3.13. The van der Waals surface area contributed by atoms with Crippen LogP contribution in [0.4, 0.5) is 0 Å². The van der Waals surface area contributed by atoms with Gasteiger partial charge >= 0.3 is 0 Å². The van der Waals surface area contributed by atoms with Crippen molar-refractivity contribution in [3.05, 3.63) is 28.2 Å². The lowest BCUT2D eigenvalue weighted by molar-refractivity contribution is 0.0928. The topological polar surface area (TPSA) is 65.4 Å². The van der Waals surface area contributed by atoms with Crippen LogP contribution in [0.1, 0.15) is 49.4 Å². The molecule has 6 heteroatoms. The van der Waals surface area contributed by atoms with Gasteiger partial charge in [-0.2, -0.15) is 5.26 Å². The molecule has 3 rings (SSSR count). The van der Waals surface area contributed by atoms with E-state index in [1.165, 1.54) is 0 Å². The second-order valence-electron chi connectivity index (χ2n) is 6.47. The van der Waals surface area contributed by atoms with E-state index in [9.17, 15) is 10.1 Å². The molecular formula is C18H22BrN3O2. The molecule has 2 bridgehead atoms. The first-order valence-corrected chi connectivity index (χ1v) is 9.34.